The molecule has 0 heterocycles. The van der Waals surface area contributed by atoms with Crippen molar-refractivity contribution in [2.45, 2.75) is 13.1 Å². The van der Waals surface area contributed by atoms with Crippen LogP contribution in [0.5, 0.6) is 0 Å². The van der Waals surface area contributed by atoms with Gasteiger partial charge < -0.3 is 15.5 Å². The van der Waals surface area contributed by atoms with Gasteiger partial charge in [0, 0.05) is 25.8 Å². The molecule has 0 aliphatic rings. The van der Waals surface area contributed by atoms with Crippen molar-refractivity contribution in [2.24, 2.45) is 0 Å². The Balaban J connectivity index is 2.86. The van der Waals surface area contributed by atoms with Crippen molar-refractivity contribution < 1.29 is 18.0 Å². The number of nitrogens with one attached hydrogen (secondary N) is 2. The molecule has 0 unspecified atom stereocenters. The van der Waals surface area contributed by atoms with E-state index in [1.54, 1.807) is 7.05 Å². The van der Waals surface area contributed by atoms with Crippen molar-refractivity contribution >= 4 is 11.6 Å². The number of anilines is 1. The lowest BCUT2D eigenvalue weighted by molar-refractivity contribution is -0.137. The smallest absolute Gasteiger partial charge is 0.387 e. The number of carbonyl (C=O) groups excluding carboxylic acids is 1. The molecule has 2 N–H and O–H groups in total. The molecule has 0 spiro atoms. The fourth-order valence-corrected chi connectivity index (χ4v) is 1.74. The highest BCUT2D eigenvalue weighted by molar-refractivity contribution is 5.99. The molecule has 0 aliphatic heterocycles. The lowest BCUT2D eigenvalue weighted by atomic mass is 10.1. The van der Waals surface area contributed by atoms with Gasteiger partial charge >= 0.3 is 6.18 Å². The van der Waals surface area contributed by atoms with E-state index in [9.17, 15) is 18.0 Å². The molecule has 1 amide bonds. The number of hydrogen-bond acceptors (Lipinski definition) is 3. The van der Waals surface area contributed by atoms with Gasteiger partial charge in [-0.3, -0.25) is 4.79 Å². The number of rotatable bonds is 6. The highest BCUT2D eigenvalue weighted by Crippen LogP contribution is 2.31. The maximum atomic E-state index is 12.7. The summed E-state index contributed by atoms with van der Waals surface area (Å²) in [5, 5.41) is 5.36. The number of amides is 1. The average Bonchev–Trinajstić information content (AvgIpc) is 2.45. The zero-order valence-corrected chi connectivity index (χ0v) is 12.3. The van der Waals surface area contributed by atoms with Crippen LogP contribution in [0, 0.1) is 0 Å². The van der Waals surface area contributed by atoms with Crippen LogP contribution in [-0.4, -0.2) is 44.5 Å². The Morgan fingerprint density at radius 3 is 2.52 bits per heavy atom. The van der Waals surface area contributed by atoms with Crippen LogP contribution in [0.15, 0.2) is 18.2 Å². The third-order valence-electron chi connectivity index (χ3n) is 3.18. The fourth-order valence-electron chi connectivity index (χ4n) is 1.74. The van der Waals surface area contributed by atoms with E-state index in [1.165, 1.54) is 6.07 Å². The second kappa shape index (κ2) is 7.31. The zero-order valence-electron chi connectivity index (χ0n) is 12.3. The summed E-state index contributed by atoms with van der Waals surface area (Å²) in [4.78, 5) is 14.0. The maximum absolute atomic E-state index is 12.7. The quantitative estimate of drug-likeness (QED) is 0.848. The summed E-state index contributed by atoms with van der Waals surface area (Å²) in [6.45, 7) is 3.83. The number of benzene rings is 1. The highest BCUT2D eigenvalue weighted by Gasteiger charge is 2.31. The van der Waals surface area contributed by atoms with Crippen LogP contribution in [-0.2, 0) is 6.18 Å². The Kier molecular flexibility index (Phi) is 6.02. The average molecular weight is 303 g/mol. The van der Waals surface area contributed by atoms with E-state index in [0.717, 1.165) is 18.7 Å². The molecule has 0 fully saturated rings. The summed E-state index contributed by atoms with van der Waals surface area (Å²) in [6.07, 6.45) is -4.47. The Morgan fingerprint density at radius 1 is 1.33 bits per heavy atom. The van der Waals surface area contributed by atoms with Crippen molar-refractivity contribution in [1.82, 2.24) is 10.2 Å². The van der Waals surface area contributed by atoms with E-state index in [1.807, 2.05) is 18.9 Å². The van der Waals surface area contributed by atoms with Gasteiger partial charge in [-0.25, -0.2) is 0 Å². The molecule has 0 saturated carbocycles. The third kappa shape index (κ3) is 4.93. The second-order valence-electron chi connectivity index (χ2n) is 4.66. The van der Waals surface area contributed by atoms with Crippen LogP contribution in [0.1, 0.15) is 22.8 Å². The number of likely N-dealkylation sites (N-methyl/N-ethyl adjacent to an activating group) is 1. The van der Waals surface area contributed by atoms with Gasteiger partial charge in [-0.15, -0.1) is 0 Å². The maximum Gasteiger partial charge on any atom is 0.416 e. The van der Waals surface area contributed by atoms with E-state index >= 15 is 0 Å². The Morgan fingerprint density at radius 2 is 2.00 bits per heavy atom. The highest BCUT2D eigenvalue weighted by atomic mass is 19.4. The third-order valence-corrected chi connectivity index (χ3v) is 3.18. The molecule has 118 valence electrons. The van der Waals surface area contributed by atoms with Crippen LogP contribution in [0.3, 0.4) is 0 Å². The minimum Gasteiger partial charge on any atom is -0.387 e. The molecule has 0 saturated heterocycles. The topological polar surface area (TPSA) is 44.4 Å². The van der Waals surface area contributed by atoms with Gasteiger partial charge in [0.15, 0.2) is 0 Å². The minimum atomic E-state index is -4.47. The van der Waals surface area contributed by atoms with Crippen LogP contribution < -0.4 is 10.6 Å². The summed E-state index contributed by atoms with van der Waals surface area (Å²) < 4.78 is 38.1. The molecule has 0 radical (unpaired) electrons. The van der Waals surface area contributed by atoms with Crippen molar-refractivity contribution in [2.75, 3.05) is 39.0 Å². The van der Waals surface area contributed by atoms with Crippen LogP contribution >= 0.6 is 0 Å². The van der Waals surface area contributed by atoms with E-state index in [0.29, 0.717) is 18.8 Å². The van der Waals surface area contributed by atoms with Crippen molar-refractivity contribution in [1.29, 1.82) is 0 Å². The van der Waals surface area contributed by atoms with E-state index < -0.39 is 17.6 Å². The first kappa shape index (κ1) is 17.3. The minimum absolute atomic E-state index is 0.00789. The molecule has 0 bridgehead atoms. The predicted molar refractivity (Wildman–Crippen MR) is 76.5 cm³/mol. The molecular formula is C14H20F3N3O. The number of hydrogen-bond donors (Lipinski definition) is 2. The number of halogens is 3. The predicted octanol–water partition coefficient (Wildman–Crippen LogP) is 2.43. The van der Waals surface area contributed by atoms with E-state index in [2.05, 4.69) is 10.6 Å². The molecule has 1 aromatic rings. The number of nitrogens with zero attached hydrogens (tertiary/aromatic N) is 1. The Labute approximate surface area is 122 Å². The van der Waals surface area contributed by atoms with Gasteiger partial charge in [0.2, 0.25) is 0 Å². The number of carbonyl (C=O) groups is 1. The summed E-state index contributed by atoms with van der Waals surface area (Å²) in [6, 6.07) is 3.08. The van der Waals surface area contributed by atoms with Gasteiger partial charge in [0.05, 0.1) is 11.1 Å². The SMILES string of the molecule is CCN(C)CCNC(=O)c1cc(C(F)(F)F)ccc1NC. The molecular weight excluding hydrogens is 283 g/mol. The van der Waals surface area contributed by atoms with Gasteiger partial charge in [0.1, 0.15) is 0 Å². The Hall–Kier alpha value is -1.76. The fraction of sp³-hybridized carbons (Fsp3) is 0.500. The molecule has 0 aromatic heterocycles. The van der Waals surface area contributed by atoms with E-state index in [-0.39, 0.29) is 5.56 Å². The molecule has 4 nitrogen and oxygen atoms in total. The normalized spacial score (nSPS) is 11.6. The first-order valence-electron chi connectivity index (χ1n) is 6.65. The van der Waals surface area contributed by atoms with Gasteiger partial charge in [-0.2, -0.15) is 13.2 Å². The monoisotopic (exact) mass is 303 g/mol. The first-order chi connectivity index (χ1) is 9.79. The lowest BCUT2D eigenvalue weighted by Gasteiger charge is -2.16. The molecule has 21 heavy (non-hydrogen) atoms. The second-order valence-corrected chi connectivity index (χ2v) is 4.66. The molecule has 0 atom stereocenters. The molecule has 1 rings (SSSR count). The molecule has 7 heteroatoms. The largest absolute Gasteiger partial charge is 0.416 e. The van der Waals surface area contributed by atoms with Crippen LogP contribution in [0.2, 0.25) is 0 Å². The lowest BCUT2D eigenvalue weighted by Crippen LogP contribution is -2.33. The van der Waals surface area contributed by atoms with Crippen LogP contribution in [0.4, 0.5) is 18.9 Å². The molecule has 0 aliphatic carbocycles. The van der Waals surface area contributed by atoms with Crippen molar-refractivity contribution in [3.63, 3.8) is 0 Å². The number of alkyl halides is 3. The van der Waals surface area contributed by atoms with Crippen molar-refractivity contribution in [3.05, 3.63) is 29.3 Å². The van der Waals surface area contributed by atoms with E-state index in [4.69, 9.17) is 0 Å². The van der Waals surface area contributed by atoms with Crippen molar-refractivity contribution in [3.8, 4) is 0 Å². The van der Waals surface area contributed by atoms with Gasteiger partial charge in [0.25, 0.3) is 5.91 Å². The standard InChI is InChI=1S/C14H20F3N3O/c1-4-20(3)8-7-19-13(21)11-9-10(14(15,16)17)5-6-12(11)18-2/h5-6,9,18H,4,7-8H2,1-3H3,(H,19,21). The van der Waals surface area contributed by atoms with Gasteiger partial charge in [-0.1, -0.05) is 6.92 Å². The Bertz CT molecular complexity index is 489. The summed E-state index contributed by atoms with van der Waals surface area (Å²) in [5.74, 6) is -0.519. The van der Waals surface area contributed by atoms with Crippen LogP contribution in [0.25, 0.3) is 0 Å². The summed E-state index contributed by atoms with van der Waals surface area (Å²) in [7, 11) is 3.46. The molecule has 1 aromatic carbocycles. The first-order valence-corrected chi connectivity index (χ1v) is 6.65. The summed E-state index contributed by atoms with van der Waals surface area (Å²) in [5.41, 5.74) is -0.479. The van der Waals surface area contributed by atoms with Gasteiger partial charge in [-0.05, 0) is 31.8 Å². The summed E-state index contributed by atoms with van der Waals surface area (Å²) >= 11 is 0. The zero-order chi connectivity index (χ0) is 16.0.